The van der Waals surface area contributed by atoms with E-state index in [4.69, 9.17) is 0 Å². The number of hydrogen-bond acceptors (Lipinski definition) is 3. The molecule has 0 unspecified atom stereocenters. The Morgan fingerprint density at radius 2 is 1.86 bits per heavy atom. The molecule has 1 aromatic heterocycles. The molecular formula is C22H36F2N4O. The maximum Gasteiger partial charge on any atom is 0.260 e. The minimum Gasteiger partial charge on any atom is -0.367 e. The maximum absolute atomic E-state index is 13.8. The molecule has 1 aromatic rings. The molecule has 5 nitrogen and oxygen atoms in total. The van der Waals surface area contributed by atoms with E-state index < -0.39 is 12.5 Å². The number of anilines is 1. The third kappa shape index (κ3) is 4.58. The first kappa shape index (κ1) is 22.0. The third-order valence-electron chi connectivity index (χ3n) is 6.69. The number of amides is 1. The number of aromatic nitrogens is 2. The monoisotopic (exact) mass is 410 g/mol. The molecule has 0 radical (unpaired) electrons. The SMILES string of the molecule is CCC(CC)C(=O)N1CCC([C@@H]2C[C@H](C(F)F)n3nc(C(C)(C)C)cc3N2)CC1. The van der Waals surface area contributed by atoms with Crippen molar-refractivity contribution in [2.45, 2.75) is 90.6 Å². The van der Waals surface area contributed by atoms with E-state index in [1.165, 1.54) is 4.68 Å². The quantitative estimate of drug-likeness (QED) is 0.755. The van der Waals surface area contributed by atoms with Crippen molar-refractivity contribution in [2.24, 2.45) is 11.8 Å². The van der Waals surface area contributed by atoms with Crippen LogP contribution in [0.15, 0.2) is 6.07 Å². The smallest absolute Gasteiger partial charge is 0.260 e. The predicted octanol–water partition coefficient (Wildman–Crippen LogP) is 4.85. The number of alkyl halides is 2. The van der Waals surface area contributed by atoms with Crippen molar-refractivity contribution in [3.63, 3.8) is 0 Å². The second-order valence-corrected chi connectivity index (χ2v) is 9.67. The summed E-state index contributed by atoms with van der Waals surface area (Å²) in [4.78, 5) is 14.6. The van der Waals surface area contributed by atoms with Crippen LogP contribution in [0.5, 0.6) is 0 Å². The molecule has 2 atom stereocenters. The Balaban J connectivity index is 1.70. The molecule has 1 saturated heterocycles. The molecule has 0 aliphatic carbocycles. The van der Waals surface area contributed by atoms with E-state index in [0.717, 1.165) is 44.5 Å². The average Bonchev–Trinajstić information content (AvgIpc) is 3.12. The van der Waals surface area contributed by atoms with Crippen LogP contribution in [-0.2, 0) is 10.2 Å². The van der Waals surface area contributed by atoms with Crippen molar-refractivity contribution in [1.29, 1.82) is 0 Å². The van der Waals surface area contributed by atoms with Gasteiger partial charge in [-0.1, -0.05) is 34.6 Å². The molecule has 1 fully saturated rings. The molecule has 164 valence electrons. The zero-order valence-corrected chi connectivity index (χ0v) is 18.4. The second-order valence-electron chi connectivity index (χ2n) is 9.67. The lowest BCUT2D eigenvalue weighted by Crippen LogP contribution is -2.47. The van der Waals surface area contributed by atoms with Crippen LogP contribution in [0.25, 0.3) is 0 Å². The molecular weight excluding hydrogens is 374 g/mol. The standard InChI is InChI=1S/C22H36F2N4O/c1-6-14(7-2)21(29)27-10-8-15(9-11-27)16-12-17(20(23)24)28-19(25-16)13-18(26-28)22(3,4)5/h13-17,20,25H,6-12H2,1-5H3/t16-,17+/m0/s1. The normalized spacial score (nSPS) is 23.4. The minimum absolute atomic E-state index is 0.00332. The fraction of sp³-hybridized carbons (Fsp3) is 0.818. The van der Waals surface area contributed by atoms with Gasteiger partial charge < -0.3 is 10.2 Å². The van der Waals surface area contributed by atoms with Crippen molar-refractivity contribution in [1.82, 2.24) is 14.7 Å². The molecule has 3 heterocycles. The van der Waals surface area contributed by atoms with E-state index in [-0.39, 0.29) is 23.3 Å². The predicted molar refractivity (Wildman–Crippen MR) is 111 cm³/mol. The van der Waals surface area contributed by atoms with E-state index in [2.05, 4.69) is 24.3 Å². The summed E-state index contributed by atoms with van der Waals surface area (Å²) in [6, 6.07) is 1.03. The van der Waals surface area contributed by atoms with Gasteiger partial charge in [-0.25, -0.2) is 13.5 Å². The van der Waals surface area contributed by atoms with E-state index in [1.54, 1.807) is 0 Å². The van der Waals surface area contributed by atoms with Crippen molar-refractivity contribution < 1.29 is 13.6 Å². The highest BCUT2D eigenvalue weighted by Crippen LogP contribution is 2.38. The minimum atomic E-state index is -2.44. The zero-order chi connectivity index (χ0) is 21.3. The molecule has 29 heavy (non-hydrogen) atoms. The number of carbonyl (C=O) groups is 1. The fourth-order valence-corrected chi connectivity index (χ4v) is 4.67. The van der Waals surface area contributed by atoms with Gasteiger partial charge in [0.25, 0.3) is 6.43 Å². The third-order valence-corrected chi connectivity index (χ3v) is 6.69. The molecule has 1 amide bonds. The molecule has 0 aromatic carbocycles. The summed E-state index contributed by atoms with van der Waals surface area (Å²) in [6.07, 6.45) is 1.40. The zero-order valence-electron chi connectivity index (χ0n) is 18.4. The highest BCUT2D eigenvalue weighted by molar-refractivity contribution is 5.78. The molecule has 0 bridgehead atoms. The Morgan fingerprint density at radius 3 is 2.38 bits per heavy atom. The maximum atomic E-state index is 13.8. The van der Waals surface area contributed by atoms with Crippen molar-refractivity contribution >= 4 is 11.7 Å². The van der Waals surface area contributed by atoms with Gasteiger partial charge in [0, 0.05) is 36.5 Å². The van der Waals surface area contributed by atoms with Crippen LogP contribution in [0.4, 0.5) is 14.6 Å². The summed E-state index contributed by atoms with van der Waals surface area (Å²) in [6.45, 7) is 11.7. The van der Waals surface area contributed by atoms with E-state index in [9.17, 15) is 13.6 Å². The summed E-state index contributed by atoms with van der Waals surface area (Å²) in [5, 5.41) is 8.00. The van der Waals surface area contributed by atoms with Crippen LogP contribution < -0.4 is 5.32 Å². The summed E-state index contributed by atoms with van der Waals surface area (Å²) in [7, 11) is 0. The van der Waals surface area contributed by atoms with Crippen LogP contribution in [0, 0.1) is 11.8 Å². The molecule has 7 heteroatoms. The summed E-state index contributed by atoms with van der Waals surface area (Å²) in [5.74, 6) is 1.35. The summed E-state index contributed by atoms with van der Waals surface area (Å²) < 4.78 is 29.2. The highest BCUT2D eigenvalue weighted by atomic mass is 19.3. The van der Waals surface area contributed by atoms with Gasteiger partial charge in [-0.05, 0) is 38.0 Å². The Kier molecular flexibility index (Phi) is 6.54. The Morgan fingerprint density at radius 1 is 1.24 bits per heavy atom. The van der Waals surface area contributed by atoms with E-state index >= 15 is 0 Å². The van der Waals surface area contributed by atoms with E-state index in [0.29, 0.717) is 18.2 Å². The molecule has 0 saturated carbocycles. The molecule has 0 spiro atoms. The van der Waals surface area contributed by atoms with Gasteiger partial charge in [-0.3, -0.25) is 4.79 Å². The lowest BCUT2D eigenvalue weighted by Gasteiger charge is -2.41. The lowest BCUT2D eigenvalue weighted by atomic mass is 9.84. The number of halogens is 2. The highest BCUT2D eigenvalue weighted by Gasteiger charge is 2.39. The summed E-state index contributed by atoms with van der Waals surface area (Å²) >= 11 is 0. The largest absolute Gasteiger partial charge is 0.367 e. The number of piperidine rings is 1. The fourth-order valence-electron chi connectivity index (χ4n) is 4.67. The van der Waals surface area contributed by atoms with Crippen molar-refractivity contribution in [3.8, 4) is 0 Å². The second kappa shape index (κ2) is 8.60. The number of hydrogen-bond donors (Lipinski definition) is 1. The van der Waals surface area contributed by atoms with Crippen LogP contribution in [0.3, 0.4) is 0 Å². The van der Waals surface area contributed by atoms with Gasteiger partial charge in [-0.2, -0.15) is 5.10 Å². The first-order chi connectivity index (χ1) is 13.7. The number of fused-ring (bicyclic) bond motifs is 1. The number of nitrogens with zero attached hydrogens (tertiary/aromatic N) is 3. The summed E-state index contributed by atoms with van der Waals surface area (Å²) in [5.41, 5.74) is 0.645. The molecule has 2 aliphatic rings. The molecule has 2 aliphatic heterocycles. The molecule has 3 rings (SSSR count). The van der Waals surface area contributed by atoms with Crippen LogP contribution in [0.1, 0.15) is 78.5 Å². The number of rotatable bonds is 5. The Hall–Kier alpha value is -1.66. The van der Waals surface area contributed by atoms with Gasteiger partial charge >= 0.3 is 0 Å². The Bertz CT molecular complexity index is 700. The average molecular weight is 411 g/mol. The van der Waals surface area contributed by atoms with Crippen molar-refractivity contribution in [3.05, 3.63) is 11.8 Å². The lowest BCUT2D eigenvalue weighted by molar-refractivity contribution is -0.137. The van der Waals surface area contributed by atoms with Crippen LogP contribution in [0.2, 0.25) is 0 Å². The van der Waals surface area contributed by atoms with Gasteiger partial charge in [-0.15, -0.1) is 0 Å². The molecule has 1 N–H and O–H groups in total. The first-order valence-corrected chi connectivity index (χ1v) is 11.1. The number of likely N-dealkylation sites (tertiary alicyclic amines) is 1. The topological polar surface area (TPSA) is 50.2 Å². The van der Waals surface area contributed by atoms with Crippen LogP contribution in [-0.4, -0.2) is 46.1 Å². The number of nitrogens with one attached hydrogen (secondary N) is 1. The van der Waals surface area contributed by atoms with Gasteiger partial charge in [0.1, 0.15) is 11.9 Å². The van der Waals surface area contributed by atoms with Crippen molar-refractivity contribution in [2.75, 3.05) is 18.4 Å². The van der Waals surface area contributed by atoms with E-state index in [1.807, 2.05) is 31.7 Å². The Labute approximate surface area is 173 Å². The first-order valence-electron chi connectivity index (χ1n) is 11.1. The van der Waals surface area contributed by atoms with Crippen LogP contribution >= 0.6 is 0 Å². The van der Waals surface area contributed by atoms with Gasteiger partial charge in [0.15, 0.2) is 0 Å². The van der Waals surface area contributed by atoms with Gasteiger partial charge in [0.2, 0.25) is 5.91 Å². The van der Waals surface area contributed by atoms with Gasteiger partial charge in [0.05, 0.1) is 5.69 Å². The number of carbonyl (C=O) groups excluding carboxylic acids is 1.